The first-order valence-corrected chi connectivity index (χ1v) is 7.98. The van der Waals surface area contributed by atoms with Gasteiger partial charge in [0.05, 0.1) is 18.2 Å². The third kappa shape index (κ3) is 4.14. The smallest absolute Gasteiger partial charge is 0.338 e. The zero-order valence-electron chi connectivity index (χ0n) is 14.5. The van der Waals surface area contributed by atoms with Crippen LogP contribution in [-0.4, -0.2) is 32.3 Å². The Morgan fingerprint density at radius 3 is 2.46 bits per heavy atom. The van der Waals surface area contributed by atoms with Gasteiger partial charge in [0, 0.05) is 12.8 Å². The fraction of sp³-hybridized carbons (Fsp3) is 0.444. The van der Waals surface area contributed by atoms with Gasteiger partial charge in [-0.1, -0.05) is 38.1 Å². The number of carbonyl (C=O) groups is 2. The number of benzene rings is 1. The molecule has 6 heteroatoms. The molecular weight excluding hydrogens is 308 g/mol. The van der Waals surface area contributed by atoms with E-state index in [1.165, 1.54) is 5.56 Å². The van der Waals surface area contributed by atoms with Crippen molar-refractivity contribution >= 4 is 12.0 Å². The second kappa shape index (κ2) is 7.97. The van der Waals surface area contributed by atoms with E-state index in [2.05, 4.69) is 24.5 Å². The van der Waals surface area contributed by atoms with Crippen molar-refractivity contribution < 1.29 is 19.1 Å². The van der Waals surface area contributed by atoms with Crippen LogP contribution in [0.15, 0.2) is 35.5 Å². The zero-order valence-corrected chi connectivity index (χ0v) is 14.5. The van der Waals surface area contributed by atoms with Crippen LogP contribution in [0.25, 0.3) is 0 Å². The summed E-state index contributed by atoms with van der Waals surface area (Å²) in [5.41, 5.74) is 2.94. The molecule has 0 saturated carbocycles. The molecule has 0 bridgehead atoms. The molecular formula is C18H24N2O4. The molecule has 6 nitrogen and oxygen atoms in total. The SMILES string of the molecule is COCCOC(=O)C1=C(C)NC(=O)N[C@H]1c1ccc(C(C)C)cc1. The van der Waals surface area contributed by atoms with E-state index in [1.54, 1.807) is 14.0 Å². The molecule has 130 valence electrons. The highest BCUT2D eigenvalue weighted by atomic mass is 16.6. The first-order chi connectivity index (χ1) is 11.4. The van der Waals surface area contributed by atoms with Crippen molar-refractivity contribution in [3.63, 3.8) is 0 Å². The van der Waals surface area contributed by atoms with Gasteiger partial charge in [-0.25, -0.2) is 9.59 Å². The number of hydrogen-bond donors (Lipinski definition) is 2. The minimum absolute atomic E-state index is 0.166. The predicted octanol–water partition coefficient (Wildman–Crippen LogP) is 2.63. The maximum absolute atomic E-state index is 12.4. The molecule has 0 spiro atoms. The summed E-state index contributed by atoms with van der Waals surface area (Å²) in [6.07, 6.45) is 0. The zero-order chi connectivity index (χ0) is 17.7. The average molecular weight is 332 g/mol. The van der Waals surface area contributed by atoms with Gasteiger partial charge in [0.25, 0.3) is 0 Å². The number of carbonyl (C=O) groups excluding carboxylic acids is 2. The summed E-state index contributed by atoms with van der Waals surface area (Å²) in [4.78, 5) is 24.3. The van der Waals surface area contributed by atoms with Crippen molar-refractivity contribution in [2.24, 2.45) is 0 Å². The van der Waals surface area contributed by atoms with Crippen LogP contribution in [0.5, 0.6) is 0 Å². The van der Waals surface area contributed by atoms with Crippen LogP contribution in [0.1, 0.15) is 43.9 Å². The van der Waals surface area contributed by atoms with Crippen LogP contribution in [0.3, 0.4) is 0 Å². The molecule has 1 aliphatic rings. The lowest BCUT2D eigenvalue weighted by Gasteiger charge is -2.28. The third-order valence-corrected chi connectivity index (χ3v) is 3.95. The number of nitrogens with one attached hydrogen (secondary N) is 2. The highest BCUT2D eigenvalue weighted by Gasteiger charge is 2.32. The molecule has 0 fully saturated rings. The van der Waals surface area contributed by atoms with Gasteiger partial charge in [-0.3, -0.25) is 0 Å². The lowest BCUT2D eigenvalue weighted by atomic mass is 9.93. The van der Waals surface area contributed by atoms with Crippen molar-refractivity contribution in [2.45, 2.75) is 32.7 Å². The number of methoxy groups -OCH3 is 1. The van der Waals surface area contributed by atoms with Gasteiger partial charge in [0.2, 0.25) is 0 Å². The highest BCUT2D eigenvalue weighted by Crippen LogP contribution is 2.28. The maximum atomic E-state index is 12.4. The minimum atomic E-state index is -0.532. The van der Waals surface area contributed by atoms with Gasteiger partial charge in [0.15, 0.2) is 0 Å². The van der Waals surface area contributed by atoms with Gasteiger partial charge < -0.3 is 20.1 Å². The molecule has 0 aliphatic carbocycles. The number of urea groups is 1. The molecule has 1 aromatic carbocycles. The van der Waals surface area contributed by atoms with Crippen molar-refractivity contribution in [1.29, 1.82) is 0 Å². The van der Waals surface area contributed by atoms with Crippen LogP contribution < -0.4 is 10.6 Å². The van der Waals surface area contributed by atoms with E-state index in [0.717, 1.165) is 5.56 Å². The fourth-order valence-electron chi connectivity index (χ4n) is 2.58. The lowest BCUT2D eigenvalue weighted by Crippen LogP contribution is -2.45. The van der Waals surface area contributed by atoms with E-state index in [0.29, 0.717) is 23.8 Å². The summed E-state index contributed by atoms with van der Waals surface area (Å²) in [6.45, 7) is 6.42. The number of hydrogen-bond acceptors (Lipinski definition) is 4. The summed E-state index contributed by atoms with van der Waals surface area (Å²) >= 11 is 0. The Morgan fingerprint density at radius 2 is 1.88 bits per heavy atom. The largest absolute Gasteiger partial charge is 0.460 e. The molecule has 2 amide bonds. The summed E-state index contributed by atoms with van der Waals surface area (Å²) in [5.74, 6) is -0.0487. The average Bonchev–Trinajstić information content (AvgIpc) is 2.54. The monoisotopic (exact) mass is 332 g/mol. The van der Waals surface area contributed by atoms with Gasteiger partial charge in [-0.2, -0.15) is 0 Å². The van der Waals surface area contributed by atoms with E-state index >= 15 is 0 Å². The number of ether oxygens (including phenoxy) is 2. The molecule has 2 N–H and O–H groups in total. The number of rotatable bonds is 6. The van der Waals surface area contributed by atoms with Gasteiger partial charge >= 0.3 is 12.0 Å². The first-order valence-electron chi connectivity index (χ1n) is 7.98. The third-order valence-electron chi connectivity index (χ3n) is 3.95. The van der Waals surface area contributed by atoms with E-state index in [4.69, 9.17) is 9.47 Å². The summed E-state index contributed by atoms with van der Waals surface area (Å²) in [6, 6.07) is 7.02. The Kier molecular flexibility index (Phi) is 5.98. The molecule has 2 rings (SSSR count). The fourth-order valence-corrected chi connectivity index (χ4v) is 2.58. The molecule has 0 radical (unpaired) electrons. The molecule has 0 saturated heterocycles. The molecule has 0 aromatic heterocycles. The first kappa shape index (κ1) is 18.0. The van der Waals surface area contributed by atoms with E-state index in [9.17, 15) is 9.59 Å². The Labute approximate surface area is 142 Å². The second-order valence-electron chi connectivity index (χ2n) is 6.02. The quantitative estimate of drug-likeness (QED) is 0.620. The normalized spacial score (nSPS) is 17.5. The summed E-state index contributed by atoms with van der Waals surface area (Å²) in [5, 5.41) is 5.42. The van der Waals surface area contributed by atoms with Gasteiger partial charge in [-0.15, -0.1) is 0 Å². The van der Waals surface area contributed by atoms with E-state index in [-0.39, 0.29) is 12.6 Å². The van der Waals surface area contributed by atoms with Crippen molar-refractivity contribution in [3.8, 4) is 0 Å². The van der Waals surface area contributed by atoms with Crippen LogP contribution >= 0.6 is 0 Å². The topological polar surface area (TPSA) is 76.7 Å². The number of esters is 1. The molecule has 1 aromatic rings. The second-order valence-corrected chi connectivity index (χ2v) is 6.02. The molecule has 24 heavy (non-hydrogen) atoms. The molecule has 1 aliphatic heterocycles. The Morgan fingerprint density at radius 1 is 1.21 bits per heavy atom. The molecule has 1 atom stereocenters. The van der Waals surface area contributed by atoms with Crippen LogP contribution in [0.2, 0.25) is 0 Å². The highest BCUT2D eigenvalue weighted by molar-refractivity contribution is 5.95. The summed E-state index contributed by atoms with van der Waals surface area (Å²) in [7, 11) is 1.54. The van der Waals surface area contributed by atoms with Crippen LogP contribution in [0.4, 0.5) is 4.79 Å². The van der Waals surface area contributed by atoms with Crippen molar-refractivity contribution in [3.05, 3.63) is 46.7 Å². The van der Waals surface area contributed by atoms with Crippen molar-refractivity contribution in [1.82, 2.24) is 10.6 Å². The van der Waals surface area contributed by atoms with Crippen LogP contribution in [0, 0.1) is 0 Å². The standard InChI is InChI=1S/C18H24N2O4/c1-11(2)13-5-7-14(8-6-13)16-15(12(3)19-18(22)20-16)17(21)24-10-9-23-4/h5-8,11,16H,9-10H2,1-4H3,(H2,19,20,22)/t16-/m0/s1. The van der Waals surface area contributed by atoms with Crippen molar-refractivity contribution in [2.75, 3.05) is 20.3 Å². The lowest BCUT2D eigenvalue weighted by molar-refractivity contribution is -0.140. The van der Waals surface area contributed by atoms with E-state index < -0.39 is 12.0 Å². The molecule has 0 unspecified atom stereocenters. The molecule has 1 heterocycles. The Hall–Kier alpha value is -2.34. The van der Waals surface area contributed by atoms with Gasteiger partial charge in [-0.05, 0) is 24.0 Å². The predicted molar refractivity (Wildman–Crippen MR) is 90.5 cm³/mol. The minimum Gasteiger partial charge on any atom is -0.460 e. The number of amides is 2. The van der Waals surface area contributed by atoms with E-state index in [1.807, 2.05) is 24.3 Å². The Balaban J connectivity index is 2.28. The van der Waals surface area contributed by atoms with Crippen LogP contribution in [-0.2, 0) is 14.3 Å². The Bertz CT molecular complexity index is 635. The summed E-state index contributed by atoms with van der Waals surface area (Å²) < 4.78 is 10.1. The number of allylic oxidation sites excluding steroid dienone is 1. The van der Waals surface area contributed by atoms with Gasteiger partial charge in [0.1, 0.15) is 6.61 Å². The maximum Gasteiger partial charge on any atom is 0.338 e.